The highest BCUT2D eigenvalue weighted by Crippen LogP contribution is 2.17. The van der Waals surface area contributed by atoms with E-state index in [1.807, 2.05) is 12.1 Å². The second-order valence-electron chi connectivity index (χ2n) is 6.95. The molecule has 1 N–H and O–H groups in total. The standard InChI is InChI=1S/C22H29N3O/c1-2-3-9-22(26)23-20-12-10-19(11-13-20)18-24-14-16-25(17-15-24)21-7-5-4-6-8-21/h4-8,10-13H,2-3,9,14-18H2,1H3,(H,23,26). The fraction of sp³-hybridized carbons (Fsp3) is 0.409. The van der Waals surface area contributed by atoms with Crippen LogP contribution >= 0.6 is 0 Å². The Morgan fingerprint density at radius 3 is 2.31 bits per heavy atom. The van der Waals surface area contributed by atoms with Crippen LogP contribution in [0.1, 0.15) is 31.7 Å². The molecular weight excluding hydrogens is 322 g/mol. The topological polar surface area (TPSA) is 35.6 Å². The molecule has 0 spiro atoms. The molecule has 1 fully saturated rings. The average Bonchev–Trinajstić information content (AvgIpc) is 2.69. The number of hydrogen-bond donors (Lipinski definition) is 1. The summed E-state index contributed by atoms with van der Waals surface area (Å²) in [5, 5.41) is 2.97. The largest absolute Gasteiger partial charge is 0.369 e. The van der Waals surface area contributed by atoms with E-state index in [2.05, 4.69) is 64.5 Å². The molecule has 26 heavy (non-hydrogen) atoms. The number of carbonyl (C=O) groups is 1. The van der Waals surface area contributed by atoms with Gasteiger partial charge in [-0.1, -0.05) is 43.7 Å². The van der Waals surface area contributed by atoms with Gasteiger partial charge in [-0.3, -0.25) is 9.69 Å². The van der Waals surface area contributed by atoms with E-state index in [0.29, 0.717) is 6.42 Å². The van der Waals surface area contributed by atoms with Crippen LogP contribution in [-0.4, -0.2) is 37.0 Å². The molecule has 0 bridgehead atoms. The van der Waals surface area contributed by atoms with Gasteiger partial charge in [0.15, 0.2) is 0 Å². The van der Waals surface area contributed by atoms with Gasteiger partial charge in [0.2, 0.25) is 5.91 Å². The van der Waals surface area contributed by atoms with E-state index >= 15 is 0 Å². The Kier molecular flexibility index (Phi) is 6.67. The molecule has 1 saturated heterocycles. The number of carbonyl (C=O) groups excluding carboxylic acids is 1. The number of rotatable bonds is 7. The molecule has 4 heteroatoms. The Hall–Kier alpha value is -2.33. The monoisotopic (exact) mass is 351 g/mol. The van der Waals surface area contributed by atoms with Crippen LogP contribution < -0.4 is 10.2 Å². The number of nitrogens with one attached hydrogen (secondary N) is 1. The molecule has 4 nitrogen and oxygen atoms in total. The Morgan fingerprint density at radius 2 is 1.65 bits per heavy atom. The first-order valence-corrected chi connectivity index (χ1v) is 9.66. The van der Waals surface area contributed by atoms with Crippen molar-refractivity contribution < 1.29 is 4.79 Å². The lowest BCUT2D eigenvalue weighted by Gasteiger charge is -2.36. The normalized spacial score (nSPS) is 15.0. The number of piperazine rings is 1. The van der Waals surface area contributed by atoms with E-state index in [9.17, 15) is 4.79 Å². The summed E-state index contributed by atoms with van der Waals surface area (Å²) in [7, 11) is 0. The first kappa shape index (κ1) is 18.5. The highest BCUT2D eigenvalue weighted by Gasteiger charge is 2.17. The lowest BCUT2D eigenvalue weighted by Crippen LogP contribution is -2.45. The zero-order valence-electron chi connectivity index (χ0n) is 15.7. The van der Waals surface area contributed by atoms with Crippen molar-refractivity contribution in [3.05, 3.63) is 60.2 Å². The molecule has 1 aliphatic heterocycles. The van der Waals surface area contributed by atoms with E-state index in [1.54, 1.807) is 0 Å². The summed E-state index contributed by atoms with van der Waals surface area (Å²) < 4.78 is 0. The number of hydrogen-bond acceptors (Lipinski definition) is 3. The Bertz CT molecular complexity index is 676. The van der Waals surface area contributed by atoms with Crippen LogP contribution in [0.4, 0.5) is 11.4 Å². The van der Waals surface area contributed by atoms with Crippen LogP contribution in [-0.2, 0) is 11.3 Å². The molecule has 0 unspecified atom stereocenters. The summed E-state index contributed by atoms with van der Waals surface area (Å²) in [5.41, 5.74) is 3.50. The summed E-state index contributed by atoms with van der Waals surface area (Å²) in [6.07, 6.45) is 2.59. The third kappa shape index (κ3) is 5.33. The molecule has 2 aromatic rings. The summed E-state index contributed by atoms with van der Waals surface area (Å²) in [4.78, 5) is 16.7. The van der Waals surface area contributed by atoms with Crippen LogP contribution in [0.2, 0.25) is 0 Å². The van der Waals surface area contributed by atoms with Gasteiger partial charge in [0, 0.05) is 50.5 Å². The zero-order chi connectivity index (χ0) is 18.2. The third-order valence-electron chi connectivity index (χ3n) is 4.89. The molecule has 0 radical (unpaired) electrons. The van der Waals surface area contributed by atoms with Crippen molar-refractivity contribution in [3.63, 3.8) is 0 Å². The van der Waals surface area contributed by atoms with Gasteiger partial charge in [-0.2, -0.15) is 0 Å². The van der Waals surface area contributed by atoms with E-state index in [4.69, 9.17) is 0 Å². The second-order valence-corrected chi connectivity index (χ2v) is 6.95. The summed E-state index contributed by atoms with van der Waals surface area (Å²) >= 11 is 0. The highest BCUT2D eigenvalue weighted by molar-refractivity contribution is 5.90. The highest BCUT2D eigenvalue weighted by atomic mass is 16.1. The summed E-state index contributed by atoms with van der Waals surface area (Å²) in [5.74, 6) is 0.108. The van der Waals surface area contributed by atoms with Gasteiger partial charge in [0.25, 0.3) is 0 Å². The van der Waals surface area contributed by atoms with Gasteiger partial charge in [-0.15, -0.1) is 0 Å². The third-order valence-corrected chi connectivity index (χ3v) is 4.89. The number of para-hydroxylation sites is 1. The zero-order valence-corrected chi connectivity index (χ0v) is 15.7. The quantitative estimate of drug-likeness (QED) is 0.814. The van der Waals surface area contributed by atoms with Gasteiger partial charge < -0.3 is 10.2 Å². The van der Waals surface area contributed by atoms with Gasteiger partial charge in [0.05, 0.1) is 0 Å². The Labute approximate surface area is 156 Å². The van der Waals surface area contributed by atoms with E-state index in [-0.39, 0.29) is 5.91 Å². The van der Waals surface area contributed by atoms with Crippen molar-refractivity contribution in [2.45, 2.75) is 32.7 Å². The number of anilines is 2. The molecular formula is C22H29N3O. The van der Waals surface area contributed by atoms with Crippen LogP contribution in [0, 0.1) is 0 Å². The van der Waals surface area contributed by atoms with Gasteiger partial charge >= 0.3 is 0 Å². The first-order chi connectivity index (χ1) is 12.7. The first-order valence-electron chi connectivity index (χ1n) is 9.66. The minimum Gasteiger partial charge on any atom is -0.369 e. The maximum Gasteiger partial charge on any atom is 0.224 e. The number of nitrogens with zero attached hydrogens (tertiary/aromatic N) is 2. The van der Waals surface area contributed by atoms with Crippen molar-refractivity contribution in [1.82, 2.24) is 4.90 Å². The Morgan fingerprint density at radius 1 is 0.962 bits per heavy atom. The molecule has 1 amide bonds. The van der Waals surface area contributed by atoms with Crippen molar-refractivity contribution in [1.29, 1.82) is 0 Å². The second kappa shape index (κ2) is 9.39. The van der Waals surface area contributed by atoms with Gasteiger partial charge in [-0.05, 0) is 36.2 Å². The molecule has 138 valence electrons. The van der Waals surface area contributed by atoms with E-state index < -0.39 is 0 Å². The van der Waals surface area contributed by atoms with Crippen LogP contribution in [0.3, 0.4) is 0 Å². The SMILES string of the molecule is CCCCC(=O)Nc1ccc(CN2CCN(c3ccccc3)CC2)cc1. The average molecular weight is 351 g/mol. The van der Waals surface area contributed by atoms with E-state index in [1.165, 1.54) is 11.3 Å². The minimum absolute atomic E-state index is 0.108. The van der Waals surface area contributed by atoms with Crippen molar-refractivity contribution in [2.24, 2.45) is 0 Å². The lowest BCUT2D eigenvalue weighted by atomic mass is 10.1. The van der Waals surface area contributed by atoms with Crippen molar-refractivity contribution in [2.75, 3.05) is 36.4 Å². The fourth-order valence-corrected chi connectivity index (χ4v) is 3.32. The molecule has 2 aromatic carbocycles. The molecule has 3 rings (SSSR count). The maximum atomic E-state index is 11.8. The van der Waals surface area contributed by atoms with Gasteiger partial charge in [-0.25, -0.2) is 0 Å². The molecule has 0 saturated carbocycles. The predicted octanol–water partition coefficient (Wildman–Crippen LogP) is 4.14. The number of benzene rings is 2. The summed E-state index contributed by atoms with van der Waals surface area (Å²) in [6.45, 7) is 7.34. The molecule has 0 aromatic heterocycles. The van der Waals surface area contributed by atoms with E-state index in [0.717, 1.165) is 51.3 Å². The van der Waals surface area contributed by atoms with Crippen molar-refractivity contribution >= 4 is 17.3 Å². The molecule has 1 aliphatic rings. The number of unbranched alkanes of at least 4 members (excludes halogenated alkanes) is 1. The smallest absolute Gasteiger partial charge is 0.224 e. The van der Waals surface area contributed by atoms with Crippen LogP contribution in [0.15, 0.2) is 54.6 Å². The minimum atomic E-state index is 0.108. The molecule has 0 aliphatic carbocycles. The summed E-state index contributed by atoms with van der Waals surface area (Å²) in [6, 6.07) is 18.9. The fourth-order valence-electron chi connectivity index (χ4n) is 3.32. The van der Waals surface area contributed by atoms with Crippen molar-refractivity contribution in [3.8, 4) is 0 Å². The molecule has 0 atom stereocenters. The van der Waals surface area contributed by atoms with Crippen LogP contribution in [0.25, 0.3) is 0 Å². The molecule has 1 heterocycles. The maximum absolute atomic E-state index is 11.8. The number of amides is 1. The Balaban J connectivity index is 1.46. The lowest BCUT2D eigenvalue weighted by molar-refractivity contribution is -0.116. The van der Waals surface area contributed by atoms with Crippen LogP contribution in [0.5, 0.6) is 0 Å². The van der Waals surface area contributed by atoms with Gasteiger partial charge in [0.1, 0.15) is 0 Å². The predicted molar refractivity (Wildman–Crippen MR) is 109 cm³/mol.